The van der Waals surface area contributed by atoms with Gasteiger partial charge in [-0.2, -0.15) is 0 Å². The van der Waals surface area contributed by atoms with Crippen molar-refractivity contribution in [2.75, 3.05) is 6.54 Å². The monoisotopic (exact) mass is 328 g/mol. The van der Waals surface area contributed by atoms with Crippen molar-refractivity contribution in [1.29, 1.82) is 0 Å². The molecule has 0 bridgehead atoms. The number of benzene rings is 1. The number of aliphatic hydroxyl groups is 1. The molecule has 0 aromatic heterocycles. The van der Waals surface area contributed by atoms with Gasteiger partial charge in [0.15, 0.2) is 0 Å². The summed E-state index contributed by atoms with van der Waals surface area (Å²) in [5.41, 5.74) is 0.989. The van der Waals surface area contributed by atoms with E-state index < -0.39 is 16.1 Å². The van der Waals surface area contributed by atoms with Crippen molar-refractivity contribution in [3.8, 4) is 0 Å². The van der Waals surface area contributed by atoms with E-state index in [9.17, 15) is 13.2 Å². The molecule has 0 saturated carbocycles. The van der Waals surface area contributed by atoms with Crippen LogP contribution in [0.15, 0.2) is 29.2 Å². The zero-order chi connectivity index (χ0) is 14.5. The minimum atomic E-state index is -3.62. The molecule has 1 atom stereocenters. The molecule has 1 fully saturated rings. The van der Waals surface area contributed by atoms with Crippen LogP contribution in [0.1, 0.15) is 12.0 Å². The Morgan fingerprint density at radius 2 is 1.90 bits per heavy atom. The topological polar surface area (TPSA) is 97.6 Å². The quantitative estimate of drug-likeness (QED) is 0.619. The van der Waals surface area contributed by atoms with Gasteiger partial charge < -0.3 is 14.7 Å². The van der Waals surface area contributed by atoms with Gasteiger partial charge in [-0.05, 0) is 19.1 Å². The third-order valence-electron chi connectivity index (χ3n) is 2.37. The molecule has 9 heteroatoms. The molecule has 1 aliphatic rings. The molecule has 0 spiro atoms. The summed E-state index contributed by atoms with van der Waals surface area (Å²) in [6.45, 7) is 2.30. The molecule has 1 aliphatic heterocycles. The molecule has 2 rings (SSSR count). The number of β-amino-alcohol motifs (C(OH)–C–C–N with tert-alkyl or cyclic N) is 1. The minimum absolute atomic E-state index is 0. The summed E-state index contributed by atoms with van der Waals surface area (Å²) in [4.78, 5) is 10.3. The summed E-state index contributed by atoms with van der Waals surface area (Å²) in [5, 5.41) is 11.1. The number of halogens is 1. The smallest absolute Gasteiger partial charge is 0.458 e. The Bertz CT molecular complexity index is 536. The molecule has 1 heterocycles. The molecule has 20 heavy (non-hydrogen) atoms. The van der Waals surface area contributed by atoms with Crippen molar-refractivity contribution in [2.24, 2.45) is 0 Å². The summed E-state index contributed by atoms with van der Waals surface area (Å²) < 4.78 is 24.8. The van der Waals surface area contributed by atoms with E-state index in [-0.39, 0.29) is 46.8 Å². The van der Waals surface area contributed by atoms with Crippen molar-refractivity contribution >= 4 is 27.7 Å². The van der Waals surface area contributed by atoms with Crippen molar-refractivity contribution in [2.45, 2.75) is 24.3 Å². The second kappa shape index (κ2) is 8.99. The number of rotatable bonds is 2. The van der Waals surface area contributed by atoms with Gasteiger partial charge >= 0.3 is 29.6 Å². The molecule has 6 nitrogen and oxygen atoms in total. The molecule has 1 unspecified atom stereocenters. The van der Waals surface area contributed by atoms with Crippen LogP contribution in [-0.2, 0) is 14.8 Å². The number of aliphatic hydroxyl groups excluding tert-OH is 1. The fourth-order valence-electron chi connectivity index (χ4n) is 1.34. The molecule has 1 amide bonds. The van der Waals surface area contributed by atoms with Gasteiger partial charge in [-0.1, -0.05) is 17.7 Å². The molecular weight excluding hydrogens is 315 g/mol. The second-order valence-electron chi connectivity index (χ2n) is 4.02. The number of hydrogen-bond acceptors (Lipinski definition) is 4. The van der Waals surface area contributed by atoms with E-state index in [1.807, 2.05) is 6.92 Å². The normalized spacial score (nSPS) is 17.6. The van der Waals surface area contributed by atoms with Crippen molar-refractivity contribution in [1.82, 2.24) is 5.32 Å². The largest absolute Gasteiger partial charge is 1.00 e. The first kappa shape index (κ1) is 19.9. The predicted octanol–water partition coefficient (Wildman–Crippen LogP) is -1.92. The van der Waals surface area contributed by atoms with E-state index in [0.29, 0.717) is 6.54 Å². The van der Waals surface area contributed by atoms with Gasteiger partial charge in [0.1, 0.15) is 10.0 Å². The van der Waals surface area contributed by atoms with E-state index in [4.69, 9.17) is 16.9 Å². The van der Waals surface area contributed by atoms with Crippen LogP contribution in [0.3, 0.4) is 0 Å². The van der Waals surface area contributed by atoms with E-state index in [0.717, 1.165) is 5.56 Å². The van der Waals surface area contributed by atoms with Crippen LogP contribution in [0.4, 0.5) is 0 Å². The van der Waals surface area contributed by atoms with E-state index >= 15 is 0 Å². The standard InChI is InChI=1S/C7H7ClNO2S.C4H7NO2.Na/c1-6-2-4-7(5-3-6)12(10,11)9-8;6-3-1-4(7)5-2-3;/h2-5H,1H3;3,6H,1-2H2,(H,5,7);/q-1;;+1. The Labute approximate surface area is 145 Å². The zero-order valence-electron chi connectivity index (χ0n) is 11.2. The Morgan fingerprint density at radius 3 is 2.20 bits per heavy atom. The van der Waals surface area contributed by atoms with Gasteiger partial charge in [0, 0.05) is 11.4 Å². The molecule has 1 saturated heterocycles. The number of hydrogen-bond donors (Lipinski definition) is 2. The summed E-state index contributed by atoms with van der Waals surface area (Å²) in [6.07, 6.45) is -0.160. The molecule has 106 valence electrons. The van der Waals surface area contributed by atoms with Crippen molar-refractivity contribution < 1.29 is 47.9 Å². The fourth-order valence-corrected chi connectivity index (χ4v) is 2.14. The molecule has 2 N–H and O–H groups in total. The third kappa shape index (κ3) is 6.53. The molecule has 1 aromatic carbocycles. The average molecular weight is 329 g/mol. The maximum atomic E-state index is 11.0. The first-order chi connectivity index (χ1) is 8.85. The van der Waals surface area contributed by atoms with E-state index in [1.54, 1.807) is 12.1 Å². The van der Waals surface area contributed by atoms with Crippen LogP contribution in [0, 0.1) is 6.92 Å². The summed E-state index contributed by atoms with van der Waals surface area (Å²) >= 11 is 4.90. The number of carbonyl (C=O) groups is 1. The van der Waals surface area contributed by atoms with E-state index in [1.165, 1.54) is 12.1 Å². The molecule has 0 radical (unpaired) electrons. The number of carbonyl (C=O) groups excluding carboxylic acids is 1. The number of aryl methyl sites for hydroxylation is 1. The van der Waals surface area contributed by atoms with Gasteiger partial charge in [-0.25, -0.2) is 8.42 Å². The number of nitrogens with one attached hydrogen (secondary N) is 1. The van der Waals surface area contributed by atoms with Crippen LogP contribution in [-0.4, -0.2) is 32.1 Å². The van der Waals surface area contributed by atoms with Gasteiger partial charge in [0.2, 0.25) is 5.91 Å². The maximum Gasteiger partial charge on any atom is 1.00 e. The molecule has 0 aliphatic carbocycles. The number of nitrogens with zero attached hydrogens (tertiary/aromatic N) is 1. The zero-order valence-corrected chi connectivity index (χ0v) is 14.8. The Morgan fingerprint density at radius 1 is 1.35 bits per heavy atom. The number of amides is 1. The predicted molar refractivity (Wildman–Crippen MR) is 71.2 cm³/mol. The van der Waals surface area contributed by atoms with Crippen LogP contribution in [0.25, 0.3) is 4.24 Å². The summed E-state index contributed by atoms with van der Waals surface area (Å²) in [7, 11) is -3.62. The first-order valence-electron chi connectivity index (χ1n) is 5.45. The number of sulfonamides is 1. The Kier molecular flexibility index (Phi) is 8.92. The first-order valence-corrected chi connectivity index (χ1v) is 7.22. The Hall–Kier alpha value is -0.150. The van der Waals surface area contributed by atoms with Gasteiger partial charge in [-0.15, -0.1) is 0 Å². The summed E-state index contributed by atoms with van der Waals surface area (Å²) in [5.74, 6) is -0.0486. The van der Waals surface area contributed by atoms with Crippen molar-refractivity contribution in [3.05, 3.63) is 34.1 Å². The van der Waals surface area contributed by atoms with Crippen LogP contribution in [0.2, 0.25) is 0 Å². The third-order valence-corrected chi connectivity index (χ3v) is 3.96. The van der Waals surface area contributed by atoms with Gasteiger partial charge in [0.05, 0.1) is 12.5 Å². The average Bonchev–Trinajstić information content (AvgIpc) is 2.74. The SMILES string of the molecule is Cc1ccc(S(=O)(=O)[N-]Cl)cc1.O=C1CC(O)CN1.[Na+]. The minimum Gasteiger partial charge on any atom is -0.458 e. The fraction of sp³-hybridized carbons (Fsp3) is 0.364. The van der Waals surface area contributed by atoms with Crippen LogP contribution >= 0.6 is 11.8 Å². The molecular formula is C11H14ClN2NaO4S. The van der Waals surface area contributed by atoms with Crippen molar-refractivity contribution in [3.63, 3.8) is 0 Å². The van der Waals surface area contributed by atoms with Gasteiger partial charge in [-0.3, -0.25) is 16.6 Å². The summed E-state index contributed by atoms with van der Waals surface area (Å²) in [6, 6.07) is 6.32. The van der Waals surface area contributed by atoms with Crippen LogP contribution < -0.4 is 34.9 Å². The van der Waals surface area contributed by atoms with Crippen LogP contribution in [0.5, 0.6) is 0 Å². The van der Waals surface area contributed by atoms with E-state index in [2.05, 4.69) is 9.56 Å². The van der Waals surface area contributed by atoms with Gasteiger partial charge in [0.25, 0.3) is 0 Å². The maximum absolute atomic E-state index is 11.0. The Balaban J connectivity index is 0.000000387. The second-order valence-corrected chi connectivity index (χ2v) is 5.99. The molecule has 1 aromatic rings.